The summed E-state index contributed by atoms with van der Waals surface area (Å²) >= 11 is 4.98. The Bertz CT molecular complexity index is 477. The van der Waals surface area contributed by atoms with Crippen molar-refractivity contribution in [3.63, 3.8) is 0 Å². The predicted molar refractivity (Wildman–Crippen MR) is 50.7 cm³/mol. The molecule has 5 nitrogen and oxygen atoms in total. The van der Waals surface area contributed by atoms with E-state index in [0.29, 0.717) is 4.77 Å². The minimum absolute atomic E-state index is 0.538. The van der Waals surface area contributed by atoms with E-state index in [4.69, 9.17) is 12.2 Å². The van der Waals surface area contributed by atoms with E-state index in [1.54, 1.807) is 10.9 Å². The predicted octanol–water partition coefficient (Wildman–Crippen LogP) is 1.18. The fourth-order valence-electron chi connectivity index (χ4n) is 1.11. The molecule has 0 radical (unpaired) electrons. The van der Waals surface area contributed by atoms with E-state index in [0.717, 1.165) is 17.1 Å². The number of hydrogen-bond donors (Lipinski definition) is 2. The van der Waals surface area contributed by atoms with Crippen LogP contribution in [0.2, 0.25) is 0 Å². The van der Waals surface area contributed by atoms with Gasteiger partial charge in [0.25, 0.3) is 0 Å². The van der Waals surface area contributed by atoms with Gasteiger partial charge in [0.15, 0.2) is 5.82 Å². The summed E-state index contributed by atoms with van der Waals surface area (Å²) in [7, 11) is 1.83. The highest BCUT2D eigenvalue weighted by atomic mass is 32.1. The van der Waals surface area contributed by atoms with Crippen molar-refractivity contribution in [3.05, 3.63) is 16.7 Å². The van der Waals surface area contributed by atoms with Gasteiger partial charge in [0.2, 0.25) is 4.77 Å². The van der Waals surface area contributed by atoms with E-state index in [-0.39, 0.29) is 0 Å². The molecule has 13 heavy (non-hydrogen) atoms. The zero-order valence-electron chi connectivity index (χ0n) is 7.33. The monoisotopic (exact) mass is 195 g/mol. The molecule has 0 saturated carbocycles. The van der Waals surface area contributed by atoms with E-state index in [9.17, 15) is 0 Å². The second-order valence-electron chi connectivity index (χ2n) is 2.82. The first-order valence-electron chi connectivity index (χ1n) is 3.82. The van der Waals surface area contributed by atoms with Crippen LogP contribution in [0.5, 0.6) is 0 Å². The maximum atomic E-state index is 4.98. The largest absolute Gasteiger partial charge is 0.282 e. The van der Waals surface area contributed by atoms with Gasteiger partial charge in [-0.15, -0.1) is 0 Å². The number of aryl methyl sites for hydroxylation is 2. The zero-order valence-corrected chi connectivity index (χ0v) is 8.14. The molecular formula is C7H9N5S. The van der Waals surface area contributed by atoms with Crippen LogP contribution in [0, 0.1) is 11.7 Å². The van der Waals surface area contributed by atoms with Gasteiger partial charge >= 0.3 is 0 Å². The minimum Gasteiger partial charge on any atom is -0.282 e. The highest BCUT2D eigenvalue weighted by Gasteiger charge is 2.07. The number of aromatic amines is 2. The molecule has 0 spiro atoms. The Morgan fingerprint density at radius 2 is 2.31 bits per heavy atom. The number of aromatic nitrogens is 5. The Labute approximate surface area is 79.8 Å². The molecule has 0 aliphatic carbocycles. The maximum absolute atomic E-state index is 4.98. The quantitative estimate of drug-likeness (QED) is 0.671. The average molecular weight is 195 g/mol. The van der Waals surface area contributed by atoms with Crippen molar-refractivity contribution in [2.45, 2.75) is 6.92 Å². The Morgan fingerprint density at radius 1 is 1.54 bits per heavy atom. The number of hydrogen-bond acceptors (Lipinski definition) is 3. The molecule has 0 aliphatic heterocycles. The Hall–Kier alpha value is -1.43. The van der Waals surface area contributed by atoms with Gasteiger partial charge < -0.3 is 0 Å². The molecule has 2 rings (SSSR count). The maximum Gasteiger partial charge on any atom is 0.216 e. The topological polar surface area (TPSA) is 62.3 Å². The molecular weight excluding hydrogens is 186 g/mol. The number of H-pyrrole nitrogens is 2. The molecule has 2 aromatic heterocycles. The highest BCUT2D eigenvalue weighted by Crippen LogP contribution is 2.15. The third-order valence-electron chi connectivity index (χ3n) is 1.85. The molecule has 2 aromatic rings. The molecule has 0 amide bonds. The van der Waals surface area contributed by atoms with Crippen molar-refractivity contribution in [1.82, 2.24) is 25.0 Å². The van der Waals surface area contributed by atoms with Crippen LogP contribution in [-0.2, 0) is 7.05 Å². The summed E-state index contributed by atoms with van der Waals surface area (Å²) in [4.78, 5) is 4.18. The van der Waals surface area contributed by atoms with E-state index in [1.165, 1.54) is 0 Å². The SMILES string of the molecule is Cc1[nH]ncc1-c1nc(=S)n(C)[nH]1. The first kappa shape index (κ1) is 8.18. The summed E-state index contributed by atoms with van der Waals surface area (Å²) in [5, 5.41) is 9.78. The van der Waals surface area contributed by atoms with Crippen molar-refractivity contribution in [2.75, 3.05) is 0 Å². The fourth-order valence-corrected chi connectivity index (χ4v) is 1.25. The number of rotatable bonds is 1. The lowest BCUT2D eigenvalue weighted by Crippen LogP contribution is -1.89. The van der Waals surface area contributed by atoms with E-state index in [1.807, 2.05) is 14.0 Å². The van der Waals surface area contributed by atoms with Gasteiger partial charge in [-0.2, -0.15) is 10.1 Å². The molecule has 0 fully saturated rings. The van der Waals surface area contributed by atoms with Crippen LogP contribution in [0.1, 0.15) is 5.69 Å². The van der Waals surface area contributed by atoms with Gasteiger partial charge in [0.05, 0.1) is 11.8 Å². The summed E-state index contributed by atoms with van der Waals surface area (Å²) in [6.45, 7) is 1.94. The van der Waals surface area contributed by atoms with Crippen molar-refractivity contribution < 1.29 is 0 Å². The van der Waals surface area contributed by atoms with Crippen LogP contribution < -0.4 is 0 Å². The second-order valence-corrected chi connectivity index (χ2v) is 3.19. The summed E-state index contributed by atoms with van der Waals surface area (Å²) in [6.07, 6.45) is 1.73. The molecule has 2 N–H and O–H groups in total. The van der Waals surface area contributed by atoms with Gasteiger partial charge in [-0.25, -0.2) is 0 Å². The summed E-state index contributed by atoms with van der Waals surface area (Å²) in [5.74, 6) is 0.749. The first-order chi connectivity index (χ1) is 6.18. The zero-order chi connectivity index (χ0) is 9.42. The molecule has 0 bridgehead atoms. The lowest BCUT2D eigenvalue weighted by atomic mass is 10.2. The second kappa shape index (κ2) is 2.81. The van der Waals surface area contributed by atoms with Crippen LogP contribution >= 0.6 is 12.2 Å². The number of nitrogens with zero attached hydrogens (tertiary/aromatic N) is 3. The summed E-state index contributed by atoms with van der Waals surface area (Å²) < 4.78 is 2.23. The van der Waals surface area contributed by atoms with Gasteiger partial charge in [-0.3, -0.25) is 14.9 Å². The highest BCUT2D eigenvalue weighted by molar-refractivity contribution is 7.71. The van der Waals surface area contributed by atoms with Gasteiger partial charge in [-0.1, -0.05) is 0 Å². The Kier molecular flexibility index (Phi) is 1.77. The fraction of sp³-hybridized carbons (Fsp3) is 0.286. The molecule has 68 valence electrons. The molecule has 0 aromatic carbocycles. The summed E-state index contributed by atoms with van der Waals surface area (Å²) in [6, 6.07) is 0. The van der Waals surface area contributed by atoms with Crippen LogP contribution in [0.25, 0.3) is 11.4 Å². The van der Waals surface area contributed by atoms with Crippen molar-refractivity contribution in [3.8, 4) is 11.4 Å². The smallest absolute Gasteiger partial charge is 0.216 e. The van der Waals surface area contributed by atoms with Crippen molar-refractivity contribution >= 4 is 12.2 Å². The molecule has 0 unspecified atom stereocenters. The molecule has 0 saturated heterocycles. The first-order valence-corrected chi connectivity index (χ1v) is 4.22. The van der Waals surface area contributed by atoms with Crippen LogP contribution in [0.4, 0.5) is 0 Å². The third kappa shape index (κ3) is 1.29. The Morgan fingerprint density at radius 3 is 2.77 bits per heavy atom. The number of nitrogens with one attached hydrogen (secondary N) is 2. The van der Waals surface area contributed by atoms with Crippen molar-refractivity contribution in [1.29, 1.82) is 0 Å². The Balaban J connectivity index is 2.59. The molecule has 0 atom stereocenters. The lowest BCUT2D eigenvalue weighted by Gasteiger charge is -1.91. The van der Waals surface area contributed by atoms with Gasteiger partial charge in [-0.05, 0) is 19.1 Å². The van der Waals surface area contributed by atoms with E-state index < -0.39 is 0 Å². The van der Waals surface area contributed by atoms with Crippen molar-refractivity contribution in [2.24, 2.45) is 7.05 Å². The van der Waals surface area contributed by atoms with Crippen LogP contribution in [-0.4, -0.2) is 25.0 Å². The van der Waals surface area contributed by atoms with Crippen LogP contribution in [0.15, 0.2) is 6.20 Å². The van der Waals surface area contributed by atoms with E-state index >= 15 is 0 Å². The summed E-state index contributed by atoms with van der Waals surface area (Å²) in [5.41, 5.74) is 1.93. The van der Waals surface area contributed by atoms with Gasteiger partial charge in [0, 0.05) is 12.7 Å². The molecule has 2 heterocycles. The molecule has 0 aliphatic rings. The van der Waals surface area contributed by atoms with E-state index in [2.05, 4.69) is 20.3 Å². The van der Waals surface area contributed by atoms with Gasteiger partial charge in [0.1, 0.15) is 0 Å². The standard InChI is InChI=1S/C7H9N5S/c1-4-5(3-8-10-4)6-9-7(13)12(2)11-6/h3H,1-2H3,(H,8,10)(H,9,11,13). The van der Waals surface area contributed by atoms with Crippen LogP contribution in [0.3, 0.4) is 0 Å². The molecule has 6 heteroatoms. The lowest BCUT2D eigenvalue weighted by molar-refractivity contribution is 0.756. The third-order valence-corrected chi connectivity index (χ3v) is 2.22. The minimum atomic E-state index is 0.538. The average Bonchev–Trinajstić information content (AvgIpc) is 2.60. The normalized spacial score (nSPS) is 10.6.